The molecule has 5 nitrogen and oxygen atoms in total. The smallest absolute Gasteiger partial charge is 0.276 e. The van der Waals surface area contributed by atoms with Gasteiger partial charge in [-0.15, -0.1) is 0 Å². The molecule has 0 saturated heterocycles. The summed E-state index contributed by atoms with van der Waals surface area (Å²) in [6.45, 7) is 0. The van der Waals surface area contributed by atoms with Crippen molar-refractivity contribution in [2.75, 3.05) is 5.32 Å². The Hall–Kier alpha value is -3.15. The van der Waals surface area contributed by atoms with Gasteiger partial charge in [-0.05, 0) is 62.1 Å². The lowest BCUT2D eigenvalue weighted by molar-refractivity contribution is 0.102. The zero-order chi connectivity index (χ0) is 18.8. The van der Waals surface area contributed by atoms with Gasteiger partial charge in [-0.3, -0.25) is 4.79 Å². The summed E-state index contributed by atoms with van der Waals surface area (Å²) in [4.78, 5) is 12.9. The van der Waals surface area contributed by atoms with Crippen LogP contribution in [-0.4, -0.2) is 20.8 Å². The molecule has 1 aliphatic rings. The van der Waals surface area contributed by atoms with E-state index in [4.69, 9.17) is 0 Å². The van der Waals surface area contributed by atoms with Crippen molar-refractivity contribution < 1.29 is 14.3 Å². The van der Waals surface area contributed by atoms with Crippen LogP contribution in [0.3, 0.4) is 0 Å². The Bertz CT molecular complexity index is 980. The summed E-state index contributed by atoms with van der Waals surface area (Å²) in [5, 5.41) is 17.2. The molecule has 0 unspecified atom stereocenters. The highest BCUT2D eigenvalue weighted by atomic mass is 19.1. The van der Waals surface area contributed by atoms with Crippen molar-refractivity contribution in [2.45, 2.75) is 32.1 Å². The number of halogens is 1. The van der Waals surface area contributed by atoms with E-state index in [0.717, 1.165) is 49.0 Å². The second kappa shape index (κ2) is 7.23. The SMILES string of the molecule is O=C(Nc1ccccc1O)c1nn(-c2ccc(F)cc2)c2c1CCCCC2. The number of nitrogens with one attached hydrogen (secondary N) is 1. The summed E-state index contributed by atoms with van der Waals surface area (Å²) < 4.78 is 15.1. The molecule has 0 saturated carbocycles. The van der Waals surface area contributed by atoms with Crippen LogP contribution in [0.25, 0.3) is 5.69 Å². The van der Waals surface area contributed by atoms with Gasteiger partial charge in [-0.2, -0.15) is 5.10 Å². The molecule has 2 aromatic carbocycles. The van der Waals surface area contributed by atoms with Gasteiger partial charge in [0.25, 0.3) is 5.91 Å². The molecule has 0 bridgehead atoms. The van der Waals surface area contributed by atoms with E-state index in [-0.39, 0.29) is 17.5 Å². The molecule has 0 atom stereocenters. The van der Waals surface area contributed by atoms with Crippen molar-refractivity contribution in [3.8, 4) is 11.4 Å². The number of hydrogen-bond donors (Lipinski definition) is 2. The van der Waals surface area contributed by atoms with Gasteiger partial charge >= 0.3 is 0 Å². The van der Waals surface area contributed by atoms with Crippen LogP contribution in [0.5, 0.6) is 5.75 Å². The standard InChI is InChI=1S/C21H20FN3O2/c22-14-10-12-15(13-11-14)25-18-8-3-1-2-6-16(18)20(24-25)21(27)23-17-7-4-5-9-19(17)26/h4-5,7,9-13,26H,1-3,6,8H2,(H,23,27). The highest BCUT2D eigenvalue weighted by Gasteiger charge is 2.25. The number of fused-ring (bicyclic) bond motifs is 1. The largest absolute Gasteiger partial charge is 0.506 e. The van der Waals surface area contributed by atoms with Crippen LogP contribution < -0.4 is 5.32 Å². The molecule has 3 aromatic rings. The minimum atomic E-state index is -0.351. The summed E-state index contributed by atoms with van der Waals surface area (Å²) in [5.74, 6) is -0.653. The normalized spacial score (nSPS) is 13.7. The van der Waals surface area contributed by atoms with Gasteiger partial charge in [0, 0.05) is 11.3 Å². The average Bonchev–Trinajstić information content (AvgIpc) is 2.86. The molecule has 1 amide bonds. The highest BCUT2D eigenvalue weighted by molar-refractivity contribution is 6.04. The first-order valence-electron chi connectivity index (χ1n) is 9.09. The molecule has 4 rings (SSSR count). The van der Waals surface area contributed by atoms with Gasteiger partial charge in [0.2, 0.25) is 0 Å². The van der Waals surface area contributed by atoms with Crippen molar-refractivity contribution in [3.63, 3.8) is 0 Å². The zero-order valence-electron chi connectivity index (χ0n) is 14.8. The van der Waals surface area contributed by atoms with E-state index in [9.17, 15) is 14.3 Å². The van der Waals surface area contributed by atoms with E-state index in [1.165, 1.54) is 18.2 Å². The maximum absolute atomic E-state index is 13.3. The lowest BCUT2D eigenvalue weighted by Crippen LogP contribution is -2.15. The Morgan fingerprint density at radius 2 is 1.78 bits per heavy atom. The Balaban J connectivity index is 1.75. The second-order valence-electron chi connectivity index (χ2n) is 6.69. The fraction of sp³-hybridized carbons (Fsp3) is 0.238. The molecule has 138 valence electrons. The van der Waals surface area contributed by atoms with Gasteiger partial charge in [-0.1, -0.05) is 18.6 Å². The lowest BCUT2D eigenvalue weighted by atomic mass is 10.1. The van der Waals surface area contributed by atoms with Gasteiger partial charge in [-0.25, -0.2) is 9.07 Å². The van der Waals surface area contributed by atoms with E-state index in [1.807, 2.05) is 0 Å². The summed E-state index contributed by atoms with van der Waals surface area (Å²) in [5.41, 5.74) is 3.38. The number of aromatic nitrogens is 2. The maximum atomic E-state index is 13.3. The molecule has 1 aromatic heterocycles. The van der Waals surface area contributed by atoms with Crippen LogP contribution in [0.4, 0.5) is 10.1 Å². The number of amides is 1. The molecule has 2 N–H and O–H groups in total. The molecule has 1 heterocycles. The molecule has 6 heteroatoms. The number of para-hydroxylation sites is 2. The van der Waals surface area contributed by atoms with E-state index >= 15 is 0 Å². The number of phenols is 1. The zero-order valence-corrected chi connectivity index (χ0v) is 14.8. The molecule has 0 aliphatic heterocycles. The number of rotatable bonds is 3. The fourth-order valence-corrected chi connectivity index (χ4v) is 3.51. The number of anilines is 1. The van der Waals surface area contributed by atoms with Crippen LogP contribution in [0.2, 0.25) is 0 Å². The predicted molar refractivity (Wildman–Crippen MR) is 101 cm³/mol. The van der Waals surface area contributed by atoms with E-state index in [0.29, 0.717) is 11.4 Å². The molecule has 0 radical (unpaired) electrons. The van der Waals surface area contributed by atoms with Crippen LogP contribution >= 0.6 is 0 Å². The van der Waals surface area contributed by atoms with Crippen molar-refractivity contribution in [1.82, 2.24) is 9.78 Å². The number of hydrogen-bond acceptors (Lipinski definition) is 3. The number of carbonyl (C=O) groups is 1. The minimum absolute atomic E-state index is 0.00917. The first-order valence-corrected chi connectivity index (χ1v) is 9.09. The monoisotopic (exact) mass is 365 g/mol. The van der Waals surface area contributed by atoms with Crippen molar-refractivity contribution in [3.05, 3.63) is 71.3 Å². The highest BCUT2D eigenvalue weighted by Crippen LogP contribution is 2.28. The van der Waals surface area contributed by atoms with E-state index in [1.54, 1.807) is 35.0 Å². The average molecular weight is 365 g/mol. The predicted octanol–water partition coefficient (Wildman–Crippen LogP) is 4.24. The summed E-state index contributed by atoms with van der Waals surface area (Å²) in [6, 6.07) is 12.7. The third kappa shape index (κ3) is 3.43. The topological polar surface area (TPSA) is 67.2 Å². The van der Waals surface area contributed by atoms with Crippen molar-refractivity contribution in [1.29, 1.82) is 0 Å². The second-order valence-corrected chi connectivity index (χ2v) is 6.69. The first-order chi connectivity index (χ1) is 13.1. The summed E-state index contributed by atoms with van der Waals surface area (Å²) in [6.07, 6.45) is 4.72. The minimum Gasteiger partial charge on any atom is -0.506 e. The van der Waals surface area contributed by atoms with Crippen LogP contribution in [0.15, 0.2) is 48.5 Å². The Morgan fingerprint density at radius 1 is 1.04 bits per heavy atom. The Morgan fingerprint density at radius 3 is 2.56 bits per heavy atom. The van der Waals surface area contributed by atoms with Gasteiger partial charge in [0.1, 0.15) is 11.6 Å². The van der Waals surface area contributed by atoms with Gasteiger partial charge in [0.15, 0.2) is 5.69 Å². The number of benzene rings is 2. The Kier molecular flexibility index (Phi) is 4.62. The van der Waals surface area contributed by atoms with Crippen LogP contribution in [-0.2, 0) is 12.8 Å². The molecule has 1 aliphatic carbocycles. The molecular weight excluding hydrogens is 345 g/mol. The van der Waals surface area contributed by atoms with Crippen LogP contribution in [0, 0.1) is 5.82 Å². The molecule has 0 spiro atoms. The van der Waals surface area contributed by atoms with Crippen LogP contribution in [0.1, 0.15) is 41.0 Å². The summed E-state index contributed by atoms with van der Waals surface area (Å²) >= 11 is 0. The molecule has 0 fully saturated rings. The number of carbonyl (C=O) groups excluding carboxylic acids is 1. The van der Waals surface area contributed by atoms with Crippen molar-refractivity contribution >= 4 is 11.6 Å². The molecule has 27 heavy (non-hydrogen) atoms. The van der Waals surface area contributed by atoms with Gasteiger partial charge in [0.05, 0.1) is 11.4 Å². The lowest BCUT2D eigenvalue weighted by Gasteiger charge is -2.07. The van der Waals surface area contributed by atoms with E-state index < -0.39 is 0 Å². The first kappa shape index (κ1) is 17.3. The summed E-state index contributed by atoms with van der Waals surface area (Å²) in [7, 11) is 0. The third-order valence-corrected chi connectivity index (χ3v) is 4.87. The van der Waals surface area contributed by atoms with Crippen molar-refractivity contribution in [2.24, 2.45) is 0 Å². The fourth-order valence-electron chi connectivity index (χ4n) is 3.51. The third-order valence-electron chi connectivity index (χ3n) is 4.87. The quantitative estimate of drug-likeness (QED) is 0.539. The maximum Gasteiger partial charge on any atom is 0.276 e. The van der Waals surface area contributed by atoms with Gasteiger partial charge < -0.3 is 10.4 Å². The molecular formula is C21H20FN3O2. The number of phenolic OH excluding ortho intramolecular Hbond substituents is 1. The Labute approximate surface area is 156 Å². The number of aromatic hydroxyl groups is 1. The number of nitrogens with zero attached hydrogens (tertiary/aromatic N) is 2. The van der Waals surface area contributed by atoms with E-state index in [2.05, 4.69) is 10.4 Å².